The highest BCUT2D eigenvalue weighted by atomic mass is 19.1. The number of carbonyl (C=O) groups is 2. The number of rotatable bonds is 7. The summed E-state index contributed by atoms with van der Waals surface area (Å²) in [6.45, 7) is 0.178. The number of anilines is 1. The molecule has 0 aliphatic carbocycles. The summed E-state index contributed by atoms with van der Waals surface area (Å²) in [7, 11) is 3.01. The molecule has 0 aromatic heterocycles. The van der Waals surface area contributed by atoms with Gasteiger partial charge in [0.15, 0.2) is 11.5 Å². The van der Waals surface area contributed by atoms with E-state index in [0.29, 0.717) is 17.6 Å². The molecule has 0 fully saturated rings. The summed E-state index contributed by atoms with van der Waals surface area (Å²) < 4.78 is 36.6. The first kappa shape index (κ1) is 19.2. The Bertz CT molecular complexity index is 812. The molecule has 0 radical (unpaired) electrons. The molecule has 138 valence electrons. The van der Waals surface area contributed by atoms with E-state index in [9.17, 15) is 18.4 Å². The van der Waals surface area contributed by atoms with Crippen molar-refractivity contribution in [2.75, 3.05) is 19.5 Å². The van der Waals surface area contributed by atoms with Crippen LogP contribution in [0.2, 0.25) is 0 Å². The van der Waals surface area contributed by atoms with Gasteiger partial charge in [0, 0.05) is 12.6 Å². The number of nitrogens with one attached hydrogen (secondary N) is 2. The number of benzene rings is 2. The van der Waals surface area contributed by atoms with Crippen LogP contribution in [0.25, 0.3) is 0 Å². The monoisotopic (exact) mass is 364 g/mol. The van der Waals surface area contributed by atoms with Crippen LogP contribution in [0.1, 0.15) is 12.0 Å². The average Bonchev–Trinajstić information content (AvgIpc) is 2.62. The van der Waals surface area contributed by atoms with Gasteiger partial charge < -0.3 is 20.1 Å². The van der Waals surface area contributed by atoms with Crippen LogP contribution in [0.15, 0.2) is 36.4 Å². The second kappa shape index (κ2) is 8.80. The Balaban J connectivity index is 1.87. The van der Waals surface area contributed by atoms with Crippen LogP contribution in [0.4, 0.5) is 14.5 Å². The molecule has 6 nitrogen and oxygen atoms in total. The highest BCUT2D eigenvalue weighted by molar-refractivity contribution is 6.03. The minimum Gasteiger partial charge on any atom is -0.493 e. The molecule has 0 spiro atoms. The van der Waals surface area contributed by atoms with Gasteiger partial charge in [-0.3, -0.25) is 9.59 Å². The zero-order chi connectivity index (χ0) is 19.1. The maximum atomic E-state index is 13.5. The van der Waals surface area contributed by atoms with E-state index in [0.717, 1.165) is 17.7 Å². The maximum absolute atomic E-state index is 13.5. The van der Waals surface area contributed by atoms with Crippen molar-refractivity contribution in [2.45, 2.75) is 13.0 Å². The van der Waals surface area contributed by atoms with Gasteiger partial charge >= 0.3 is 0 Å². The predicted octanol–water partition coefficient (Wildman–Crippen LogP) is 2.63. The van der Waals surface area contributed by atoms with E-state index in [2.05, 4.69) is 10.6 Å². The second-order valence-electron chi connectivity index (χ2n) is 5.32. The number of hydrogen-bond acceptors (Lipinski definition) is 4. The Morgan fingerprint density at radius 2 is 1.69 bits per heavy atom. The van der Waals surface area contributed by atoms with Gasteiger partial charge in [-0.2, -0.15) is 0 Å². The number of hydrogen-bond donors (Lipinski definition) is 2. The molecule has 0 aliphatic heterocycles. The minimum atomic E-state index is -0.913. The van der Waals surface area contributed by atoms with Crippen LogP contribution in [0, 0.1) is 11.6 Å². The second-order valence-corrected chi connectivity index (χ2v) is 5.32. The normalized spacial score (nSPS) is 10.2. The molecule has 0 bridgehead atoms. The lowest BCUT2D eigenvalue weighted by Crippen LogP contribution is -2.28. The minimum absolute atomic E-state index is 0.178. The van der Waals surface area contributed by atoms with Crippen molar-refractivity contribution in [2.24, 2.45) is 0 Å². The summed E-state index contributed by atoms with van der Waals surface area (Å²) in [6.07, 6.45) is -0.496. The van der Waals surface area contributed by atoms with E-state index >= 15 is 0 Å². The largest absolute Gasteiger partial charge is 0.493 e. The number of halogens is 2. The van der Waals surface area contributed by atoms with Gasteiger partial charge in [-0.25, -0.2) is 8.78 Å². The summed E-state index contributed by atoms with van der Waals surface area (Å²) in [5, 5.41) is 4.80. The van der Waals surface area contributed by atoms with Crippen LogP contribution in [0.5, 0.6) is 11.5 Å². The van der Waals surface area contributed by atoms with Crippen molar-refractivity contribution in [1.82, 2.24) is 5.32 Å². The summed E-state index contributed by atoms with van der Waals surface area (Å²) >= 11 is 0. The predicted molar refractivity (Wildman–Crippen MR) is 91.0 cm³/mol. The lowest BCUT2D eigenvalue weighted by Gasteiger charge is -2.10. The molecule has 0 saturated heterocycles. The number of amides is 2. The molecule has 2 aromatic rings. The molecule has 0 saturated carbocycles. The third-order valence-electron chi connectivity index (χ3n) is 3.46. The molecular formula is C18H18F2N2O4. The fourth-order valence-corrected chi connectivity index (χ4v) is 2.18. The molecule has 2 aromatic carbocycles. The van der Waals surface area contributed by atoms with E-state index in [1.807, 2.05) is 0 Å². The highest BCUT2D eigenvalue weighted by Crippen LogP contribution is 2.27. The number of carbonyl (C=O) groups excluding carboxylic acids is 2. The first-order valence-corrected chi connectivity index (χ1v) is 7.65. The zero-order valence-electron chi connectivity index (χ0n) is 14.3. The standard InChI is InChI=1S/C18H18F2N2O4/c1-25-15-6-3-11(7-16(15)26-2)10-21-17(23)9-18(24)22-14-5-4-12(19)8-13(14)20/h3-8H,9-10H2,1-2H3,(H,21,23)(H,22,24). The van der Waals surface area contributed by atoms with Crippen LogP contribution in [0.3, 0.4) is 0 Å². The molecule has 26 heavy (non-hydrogen) atoms. The summed E-state index contributed by atoms with van der Waals surface area (Å²) in [5.74, 6) is -1.84. The third kappa shape index (κ3) is 5.17. The fourth-order valence-electron chi connectivity index (χ4n) is 2.18. The zero-order valence-corrected chi connectivity index (χ0v) is 14.3. The molecular weight excluding hydrogens is 346 g/mol. The van der Waals surface area contributed by atoms with Crippen LogP contribution >= 0.6 is 0 Å². The highest BCUT2D eigenvalue weighted by Gasteiger charge is 2.13. The van der Waals surface area contributed by atoms with Crippen molar-refractivity contribution in [3.63, 3.8) is 0 Å². The van der Waals surface area contributed by atoms with Gasteiger partial charge in [0.05, 0.1) is 19.9 Å². The van der Waals surface area contributed by atoms with Gasteiger partial charge in [0.1, 0.15) is 18.1 Å². The van der Waals surface area contributed by atoms with Crippen molar-refractivity contribution < 1.29 is 27.8 Å². The third-order valence-corrected chi connectivity index (χ3v) is 3.46. The summed E-state index contributed by atoms with van der Waals surface area (Å²) in [4.78, 5) is 23.6. The fraction of sp³-hybridized carbons (Fsp3) is 0.222. The van der Waals surface area contributed by atoms with E-state index in [-0.39, 0.29) is 12.2 Å². The first-order chi connectivity index (χ1) is 12.4. The van der Waals surface area contributed by atoms with E-state index in [1.54, 1.807) is 18.2 Å². The van der Waals surface area contributed by atoms with Crippen molar-refractivity contribution in [3.05, 3.63) is 53.6 Å². The Morgan fingerprint density at radius 1 is 0.962 bits per heavy atom. The summed E-state index contributed by atoms with van der Waals surface area (Å²) in [6, 6.07) is 7.89. The Kier molecular flexibility index (Phi) is 6.48. The van der Waals surface area contributed by atoms with Gasteiger partial charge in [-0.1, -0.05) is 6.07 Å². The molecule has 8 heteroatoms. The van der Waals surface area contributed by atoms with Gasteiger partial charge in [0.2, 0.25) is 11.8 Å². The average molecular weight is 364 g/mol. The van der Waals surface area contributed by atoms with Crippen LogP contribution < -0.4 is 20.1 Å². The lowest BCUT2D eigenvalue weighted by molar-refractivity contribution is -0.126. The Labute approximate surface area is 149 Å². The Hall–Kier alpha value is -3.16. The van der Waals surface area contributed by atoms with Crippen molar-refractivity contribution in [3.8, 4) is 11.5 Å². The van der Waals surface area contributed by atoms with Crippen molar-refractivity contribution >= 4 is 17.5 Å². The quantitative estimate of drug-likeness (QED) is 0.741. The number of methoxy groups -OCH3 is 2. The van der Waals surface area contributed by atoms with Crippen LogP contribution in [-0.2, 0) is 16.1 Å². The van der Waals surface area contributed by atoms with Gasteiger partial charge in [0.25, 0.3) is 0 Å². The van der Waals surface area contributed by atoms with E-state index < -0.39 is 29.9 Å². The van der Waals surface area contributed by atoms with Crippen molar-refractivity contribution in [1.29, 1.82) is 0 Å². The Morgan fingerprint density at radius 3 is 2.35 bits per heavy atom. The van der Waals surface area contributed by atoms with E-state index in [1.165, 1.54) is 14.2 Å². The molecule has 2 N–H and O–H groups in total. The smallest absolute Gasteiger partial charge is 0.233 e. The molecule has 0 aliphatic rings. The first-order valence-electron chi connectivity index (χ1n) is 7.65. The number of ether oxygens (including phenoxy) is 2. The van der Waals surface area contributed by atoms with E-state index in [4.69, 9.17) is 9.47 Å². The van der Waals surface area contributed by atoms with Gasteiger partial charge in [-0.15, -0.1) is 0 Å². The molecule has 2 rings (SSSR count). The molecule has 0 heterocycles. The van der Waals surface area contributed by atoms with Crippen LogP contribution in [-0.4, -0.2) is 26.0 Å². The summed E-state index contributed by atoms with van der Waals surface area (Å²) in [5.41, 5.74) is 0.560. The topological polar surface area (TPSA) is 76.7 Å². The van der Waals surface area contributed by atoms with Gasteiger partial charge in [-0.05, 0) is 29.8 Å². The SMILES string of the molecule is COc1ccc(CNC(=O)CC(=O)Nc2ccc(F)cc2F)cc1OC. The molecule has 2 amide bonds. The lowest BCUT2D eigenvalue weighted by atomic mass is 10.2. The maximum Gasteiger partial charge on any atom is 0.233 e. The molecule has 0 atom stereocenters. The molecule has 0 unspecified atom stereocenters.